The molecule has 1 aliphatic heterocycles. The molecule has 6 heteroatoms. The number of ether oxygens (including phenoxy) is 1. The van der Waals surface area contributed by atoms with Gasteiger partial charge in [-0.2, -0.15) is 0 Å². The van der Waals surface area contributed by atoms with Crippen molar-refractivity contribution in [1.29, 1.82) is 0 Å². The Kier molecular flexibility index (Phi) is 6.40. The van der Waals surface area contributed by atoms with Gasteiger partial charge in [0.05, 0.1) is 12.9 Å². The molecule has 1 saturated heterocycles. The molecule has 0 saturated carbocycles. The Balaban J connectivity index is 1.54. The fourth-order valence-corrected chi connectivity index (χ4v) is 4.03. The van der Waals surface area contributed by atoms with Crippen molar-refractivity contribution in [2.45, 2.75) is 17.9 Å². The van der Waals surface area contributed by atoms with Crippen molar-refractivity contribution in [3.63, 3.8) is 0 Å². The van der Waals surface area contributed by atoms with E-state index in [4.69, 9.17) is 4.74 Å². The smallest absolute Gasteiger partial charge is 0.253 e. The van der Waals surface area contributed by atoms with Gasteiger partial charge in [-0.3, -0.25) is 9.59 Å². The molecule has 1 aliphatic rings. The van der Waals surface area contributed by atoms with E-state index in [0.717, 1.165) is 10.6 Å². The molecule has 0 N–H and O–H groups in total. The number of hydrogen-bond acceptors (Lipinski definition) is 4. The normalized spacial score (nSPS) is 16.9. The number of thioether (sulfide) groups is 1. The predicted molar refractivity (Wildman–Crippen MR) is 107 cm³/mol. The highest BCUT2D eigenvalue weighted by atomic mass is 32.2. The number of nitrogens with zero attached hydrogens (tertiary/aromatic N) is 2. The van der Waals surface area contributed by atoms with Gasteiger partial charge in [-0.25, -0.2) is 0 Å². The largest absolute Gasteiger partial charge is 0.497 e. The van der Waals surface area contributed by atoms with E-state index in [9.17, 15) is 9.59 Å². The van der Waals surface area contributed by atoms with Crippen molar-refractivity contribution in [1.82, 2.24) is 9.80 Å². The molecule has 3 rings (SSSR count). The highest BCUT2D eigenvalue weighted by Crippen LogP contribution is 2.24. The Morgan fingerprint density at radius 2 is 1.89 bits per heavy atom. The Hall–Kier alpha value is -2.47. The minimum absolute atomic E-state index is 0.00446. The number of carbonyl (C=O) groups is 2. The molecule has 1 unspecified atom stereocenters. The molecule has 0 spiro atoms. The molecular weight excluding hydrogens is 360 g/mol. The quantitative estimate of drug-likeness (QED) is 0.743. The monoisotopic (exact) mass is 384 g/mol. The number of methoxy groups -OCH3 is 1. The zero-order chi connectivity index (χ0) is 19.2. The van der Waals surface area contributed by atoms with Crippen LogP contribution in [0.25, 0.3) is 0 Å². The van der Waals surface area contributed by atoms with Gasteiger partial charge in [0, 0.05) is 36.1 Å². The van der Waals surface area contributed by atoms with Crippen molar-refractivity contribution in [3.05, 3.63) is 60.2 Å². The Bertz CT molecular complexity index is 797. The second kappa shape index (κ2) is 8.95. The van der Waals surface area contributed by atoms with Crippen molar-refractivity contribution in [3.8, 4) is 5.75 Å². The maximum Gasteiger partial charge on any atom is 0.253 e. The molecule has 2 aromatic carbocycles. The molecular formula is C21H24N2O3S. The van der Waals surface area contributed by atoms with Crippen LogP contribution in [0.15, 0.2) is 59.5 Å². The molecule has 0 aliphatic carbocycles. The number of hydrogen-bond donors (Lipinski definition) is 0. The number of carbonyl (C=O) groups excluding carboxylic acids is 2. The van der Waals surface area contributed by atoms with Crippen molar-refractivity contribution in [2.24, 2.45) is 0 Å². The summed E-state index contributed by atoms with van der Waals surface area (Å²) in [6.45, 7) is 3.69. The van der Waals surface area contributed by atoms with E-state index >= 15 is 0 Å². The first kappa shape index (κ1) is 19.3. The number of benzene rings is 2. The summed E-state index contributed by atoms with van der Waals surface area (Å²) < 4.78 is 5.22. The van der Waals surface area contributed by atoms with Crippen LogP contribution >= 0.6 is 11.8 Å². The molecule has 1 fully saturated rings. The van der Waals surface area contributed by atoms with Crippen molar-refractivity contribution in [2.75, 3.05) is 32.5 Å². The molecule has 0 radical (unpaired) electrons. The summed E-state index contributed by atoms with van der Waals surface area (Å²) in [5.74, 6) is 1.29. The number of amides is 2. The first-order valence-corrected chi connectivity index (χ1v) is 9.97. The molecule has 27 heavy (non-hydrogen) atoms. The maximum absolute atomic E-state index is 12.7. The molecule has 142 valence electrons. The fraction of sp³-hybridized carbons (Fsp3) is 0.333. The Morgan fingerprint density at radius 1 is 1.11 bits per heavy atom. The summed E-state index contributed by atoms with van der Waals surface area (Å²) in [4.78, 5) is 30.0. The average molecular weight is 385 g/mol. The van der Waals surface area contributed by atoms with E-state index < -0.39 is 0 Å². The second-order valence-corrected chi connectivity index (χ2v) is 7.57. The fourth-order valence-electron chi connectivity index (χ4n) is 3.19. The first-order valence-electron chi connectivity index (χ1n) is 8.99. The molecule has 0 bridgehead atoms. The summed E-state index contributed by atoms with van der Waals surface area (Å²) in [5, 5.41) is 0. The third-order valence-electron chi connectivity index (χ3n) is 4.66. The van der Waals surface area contributed by atoms with Crippen LogP contribution in [-0.2, 0) is 4.79 Å². The average Bonchev–Trinajstić information content (AvgIpc) is 2.72. The third-order valence-corrected chi connectivity index (χ3v) is 5.64. The van der Waals surface area contributed by atoms with E-state index in [2.05, 4.69) is 0 Å². The highest BCUT2D eigenvalue weighted by Gasteiger charge is 2.29. The molecule has 5 nitrogen and oxygen atoms in total. The zero-order valence-electron chi connectivity index (χ0n) is 15.6. The lowest BCUT2D eigenvalue weighted by atomic mass is 10.1. The van der Waals surface area contributed by atoms with Gasteiger partial charge in [-0.05, 0) is 37.3 Å². The zero-order valence-corrected chi connectivity index (χ0v) is 16.4. The van der Waals surface area contributed by atoms with Gasteiger partial charge >= 0.3 is 0 Å². The van der Waals surface area contributed by atoms with E-state index in [-0.39, 0.29) is 17.9 Å². The van der Waals surface area contributed by atoms with Gasteiger partial charge < -0.3 is 14.5 Å². The summed E-state index contributed by atoms with van der Waals surface area (Å²) in [6, 6.07) is 17.0. The van der Waals surface area contributed by atoms with Crippen LogP contribution in [0.4, 0.5) is 0 Å². The Morgan fingerprint density at radius 3 is 2.59 bits per heavy atom. The lowest BCUT2D eigenvalue weighted by Crippen LogP contribution is -2.55. The number of rotatable bonds is 5. The summed E-state index contributed by atoms with van der Waals surface area (Å²) in [6.07, 6.45) is 0. The van der Waals surface area contributed by atoms with E-state index in [1.165, 1.54) is 11.8 Å². The lowest BCUT2D eigenvalue weighted by Gasteiger charge is -2.40. The van der Waals surface area contributed by atoms with Gasteiger partial charge in [0.15, 0.2) is 0 Å². The van der Waals surface area contributed by atoms with Crippen molar-refractivity contribution < 1.29 is 14.3 Å². The van der Waals surface area contributed by atoms with Crippen LogP contribution in [0.2, 0.25) is 0 Å². The van der Waals surface area contributed by atoms with E-state index in [0.29, 0.717) is 31.0 Å². The van der Waals surface area contributed by atoms with Crippen molar-refractivity contribution >= 4 is 23.6 Å². The second-order valence-electron chi connectivity index (χ2n) is 6.52. The van der Waals surface area contributed by atoms with Gasteiger partial charge in [0.1, 0.15) is 5.75 Å². The highest BCUT2D eigenvalue weighted by molar-refractivity contribution is 8.00. The molecule has 1 atom stereocenters. The van der Waals surface area contributed by atoms with Crippen LogP contribution in [-0.4, -0.2) is 60.2 Å². The standard InChI is InChI=1S/C21H24N2O3S/c1-16-14-22(21(25)17-7-4-3-5-8-17)11-12-23(16)20(24)15-27-19-10-6-9-18(13-19)26-2/h3-10,13,16H,11-12,14-15H2,1-2H3. The van der Waals surface area contributed by atoms with Gasteiger partial charge in [0.2, 0.25) is 5.91 Å². The van der Waals surface area contributed by atoms with Crippen LogP contribution in [0.1, 0.15) is 17.3 Å². The summed E-state index contributed by atoms with van der Waals surface area (Å²) in [7, 11) is 1.63. The predicted octanol–water partition coefficient (Wildman–Crippen LogP) is 3.16. The molecule has 2 amide bonds. The minimum atomic E-state index is 0.00446. The number of piperazine rings is 1. The third kappa shape index (κ3) is 4.83. The van der Waals surface area contributed by atoms with Gasteiger partial charge in [-0.15, -0.1) is 11.8 Å². The maximum atomic E-state index is 12.7. The Labute approximate surface area is 164 Å². The minimum Gasteiger partial charge on any atom is -0.497 e. The SMILES string of the molecule is COc1cccc(SCC(=O)N2CCN(C(=O)c3ccccc3)CC2C)c1. The lowest BCUT2D eigenvalue weighted by molar-refractivity contribution is -0.132. The topological polar surface area (TPSA) is 49.9 Å². The molecule has 1 heterocycles. The van der Waals surface area contributed by atoms with Gasteiger partial charge in [0.25, 0.3) is 5.91 Å². The van der Waals surface area contributed by atoms with E-state index in [1.54, 1.807) is 7.11 Å². The molecule has 0 aromatic heterocycles. The first-order chi connectivity index (χ1) is 13.1. The van der Waals surface area contributed by atoms with Crippen LogP contribution in [0.3, 0.4) is 0 Å². The van der Waals surface area contributed by atoms with Gasteiger partial charge in [-0.1, -0.05) is 24.3 Å². The van der Waals surface area contributed by atoms with Crippen LogP contribution in [0, 0.1) is 0 Å². The van der Waals surface area contributed by atoms with Crippen LogP contribution < -0.4 is 4.74 Å². The molecule has 2 aromatic rings. The summed E-state index contributed by atoms with van der Waals surface area (Å²) >= 11 is 1.51. The van der Waals surface area contributed by atoms with E-state index in [1.807, 2.05) is 71.3 Å². The van der Waals surface area contributed by atoms with Crippen LogP contribution in [0.5, 0.6) is 5.75 Å². The summed E-state index contributed by atoms with van der Waals surface area (Å²) in [5.41, 5.74) is 0.693.